The highest BCUT2D eigenvalue weighted by Gasteiger charge is 2.25. The first kappa shape index (κ1) is 32.2. The molecule has 42 heavy (non-hydrogen) atoms. The van der Waals surface area contributed by atoms with E-state index < -0.39 is 29.3 Å². The standard InChI is InChI=1S/C30H38N6O5S/c1-4-5-10-17-31-25(37)16-9-7-13-22(33-28(40)29-35-21-12-6-8-15-24(21)42-29)27(39)34-23-14-11-18-36(30(23)41)19-26(38)32-20(2)3/h8-9,11,14-16,18,22H,2,4-7,10,12-13,17,19H2,1,3H3,(H,31,37)(H,32,38)(H,33,40)(H,34,39)/b16-9+. The molecule has 2 heterocycles. The van der Waals surface area contributed by atoms with E-state index >= 15 is 0 Å². The van der Waals surface area contributed by atoms with Crippen LogP contribution >= 0.6 is 11.3 Å². The Morgan fingerprint density at radius 3 is 2.79 bits per heavy atom. The first-order valence-corrected chi connectivity index (χ1v) is 14.9. The molecule has 1 unspecified atom stereocenters. The fourth-order valence-electron chi connectivity index (χ4n) is 4.18. The summed E-state index contributed by atoms with van der Waals surface area (Å²) in [5.74, 6) is -1.76. The van der Waals surface area contributed by atoms with Crippen molar-refractivity contribution in [1.29, 1.82) is 0 Å². The highest BCUT2D eigenvalue weighted by atomic mass is 32.1. The summed E-state index contributed by atoms with van der Waals surface area (Å²) in [5.41, 5.74) is 0.673. The van der Waals surface area contributed by atoms with Crippen molar-refractivity contribution in [2.24, 2.45) is 0 Å². The van der Waals surface area contributed by atoms with E-state index in [1.54, 1.807) is 13.0 Å². The summed E-state index contributed by atoms with van der Waals surface area (Å²) in [6, 6.07) is 1.94. The Kier molecular flexibility index (Phi) is 12.4. The molecule has 224 valence electrons. The minimum atomic E-state index is -1.02. The molecule has 2 aromatic rings. The topological polar surface area (TPSA) is 151 Å². The average Bonchev–Trinajstić information content (AvgIpc) is 3.39. The maximum Gasteiger partial charge on any atom is 0.280 e. The molecule has 1 aliphatic carbocycles. The van der Waals surface area contributed by atoms with Gasteiger partial charge in [0, 0.05) is 18.4 Å². The predicted molar refractivity (Wildman–Crippen MR) is 164 cm³/mol. The van der Waals surface area contributed by atoms with E-state index in [1.807, 2.05) is 12.2 Å². The van der Waals surface area contributed by atoms with Crippen molar-refractivity contribution in [3.8, 4) is 0 Å². The highest BCUT2D eigenvalue weighted by Crippen LogP contribution is 2.25. The number of pyridine rings is 1. The number of nitrogens with one attached hydrogen (secondary N) is 4. The van der Waals surface area contributed by atoms with Gasteiger partial charge in [0.05, 0.1) is 10.6 Å². The van der Waals surface area contributed by atoms with Crippen molar-refractivity contribution in [3.05, 3.63) is 74.8 Å². The molecule has 12 heteroatoms. The van der Waals surface area contributed by atoms with Crippen LogP contribution in [-0.2, 0) is 27.3 Å². The predicted octanol–water partition coefficient (Wildman–Crippen LogP) is 3.29. The third-order valence-electron chi connectivity index (χ3n) is 6.28. The first-order chi connectivity index (χ1) is 20.2. The SMILES string of the molecule is C=C(C)NC(=O)Cn1cccc(NC(=O)C(CC/C=C/C(=O)NCCCCC)NC(=O)c2nc3c(s2)C=CCC3)c1=O. The number of unbranched alkanes of at least 4 members (excludes halogenated alkanes) is 2. The number of nitrogens with zero attached hydrogens (tertiary/aromatic N) is 2. The van der Waals surface area contributed by atoms with E-state index in [4.69, 9.17) is 0 Å². The quantitative estimate of drug-likeness (QED) is 0.184. The second-order valence-corrected chi connectivity index (χ2v) is 11.0. The van der Waals surface area contributed by atoms with Crippen LogP contribution in [0.1, 0.15) is 72.7 Å². The Labute approximate surface area is 249 Å². The molecule has 4 N–H and O–H groups in total. The van der Waals surface area contributed by atoms with Crippen molar-refractivity contribution in [3.63, 3.8) is 0 Å². The molecule has 1 atom stereocenters. The molecule has 0 saturated carbocycles. The van der Waals surface area contributed by atoms with E-state index in [9.17, 15) is 24.0 Å². The second-order valence-electron chi connectivity index (χ2n) is 9.95. The van der Waals surface area contributed by atoms with Crippen LogP contribution in [0, 0.1) is 0 Å². The van der Waals surface area contributed by atoms with Gasteiger partial charge in [0.1, 0.15) is 18.3 Å². The molecule has 0 bridgehead atoms. The summed E-state index contributed by atoms with van der Waals surface area (Å²) in [6.07, 6.45) is 13.5. The minimum absolute atomic E-state index is 0.0401. The lowest BCUT2D eigenvalue weighted by Crippen LogP contribution is -2.44. The summed E-state index contributed by atoms with van der Waals surface area (Å²) in [5, 5.41) is 10.9. The normalized spacial score (nSPS) is 12.8. The molecule has 0 spiro atoms. The molecule has 3 rings (SSSR count). The number of carbonyl (C=O) groups is 4. The summed E-state index contributed by atoms with van der Waals surface area (Å²) >= 11 is 1.25. The van der Waals surface area contributed by atoms with E-state index in [-0.39, 0.29) is 29.6 Å². The summed E-state index contributed by atoms with van der Waals surface area (Å²) < 4.78 is 1.16. The fraction of sp³-hybridized carbons (Fsp3) is 0.400. The van der Waals surface area contributed by atoms with E-state index in [0.29, 0.717) is 18.7 Å². The van der Waals surface area contributed by atoms with Gasteiger partial charge in [-0.05, 0) is 63.3 Å². The van der Waals surface area contributed by atoms with Crippen LogP contribution in [0.3, 0.4) is 0 Å². The van der Waals surface area contributed by atoms with Crippen LogP contribution in [0.4, 0.5) is 5.69 Å². The van der Waals surface area contributed by atoms with E-state index in [0.717, 1.165) is 47.2 Å². The molecule has 0 aromatic carbocycles. The third-order valence-corrected chi connectivity index (χ3v) is 7.34. The van der Waals surface area contributed by atoms with Crippen molar-refractivity contribution in [1.82, 2.24) is 25.5 Å². The van der Waals surface area contributed by atoms with Gasteiger partial charge < -0.3 is 25.8 Å². The van der Waals surface area contributed by atoms with E-state index in [1.165, 1.54) is 35.7 Å². The van der Waals surface area contributed by atoms with Crippen molar-refractivity contribution in [2.45, 2.75) is 71.4 Å². The van der Waals surface area contributed by atoms with Crippen molar-refractivity contribution in [2.75, 3.05) is 11.9 Å². The number of allylic oxidation sites excluding steroid dienone is 3. The van der Waals surface area contributed by atoms with Gasteiger partial charge in [-0.1, -0.05) is 38.5 Å². The number of thiazole rings is 1. The van der Waals surface area contributed by atoms with E-state index in [2.05, 4.69) is 39.8 Å². The third kappa shape index (κ3) is 9.95. The fourth-order valence-corrected chi connectivity index (χ4v) is 5.12. The van der Waals surface area contributed by atoms with Gasteiger partial charge in [0.2, 0.25) is 17.7 Å². The number of fused-ring (bicyclic) bond motifs is 1. The highest BCUT2D eigenvalue weighted by molar-refractivity contribution is 7.14. The van der Waals surface area contributed by atoms with Gasteiger partial charge >= 0.3 is 0 Å². The van der Waals surface area contributed by atoms with Crippen molar-refractivity contribution < 1.29 is 19.2 Å². The van der Waals surface area contributed by atoms with Gasteiger partial charge in [0.15, 0.2) is 5.01 Å². The van der Waals surface area contributed by atoms with Crippen LogP contribution in [0.25, 0.3) is 6.08 Å². The molecule has 1 aliphatic rings. The number of amides is 4. The van der Waals surface area contributed by atoms with Gasteiger partial charge in [-0.2, -0.15) is 0 Å². The number of carbonyl (C=O) groups excluding carboxylic acids is 4. The Hall–Kier alpha value is -4.32. The monoisotopic (exact) mass is 594 g/mol. The smallest absolute Gasteiger partial charge is 0.280 e. The zero-order valence-electron chi connectivity index (χ0n) is 24.0. The van der Waals surface area contributed by atoms with Crippen LogP contribution < -0.4 is 26.8 Å². The number of anilines is 1. The Bertz CT molecular complexity index is 1420. The van der Waals surface area contributed by atoms with Crippen LogP contribution in [0.15, 0.2) is 53.6 Å². The first-order valence-electron chi connectivity index (χ1n) is 14.0. The average molecular weight is 595 g/mol. The molecule has 0 fully saturated rings. The maximum absolute atomic E-state index is 13.3. The summed E-state index contributed by atoms with van der Waals surface area (Å²) in [7, 11) is 0. The maximum atomic E-state index is 13.3. The molecule has 0 saturated heterocycles. The molecule has 2 aromatic heterocycles. The molecule has 4 amide bonds. The number of rotatable bonds is 15. The van der Waals surface area contributed by atoms with Crippen LogP contribution in [0.2, 0.25) is 0 Å². The van der Waals surface area contributed by atoms with Gasteiger partial charge in [-0.25, -0.2) is 4.98 Å². The summed E-state index contributed by atoms with van der Waals surface area (Å²) in [4.78, 5) is 68.9. The zero-order valence-corrected chi connectivity index (χ0v) is 24.9. The number of hydrogen-bond acceptors (Lipinski definition) is 7. The zero-order chi connectivity index (χ0) is 30.5. The molecular formula is C30H38N6O5S. The summed E-state index contributed by atoms with van der Waals surface area (Å²) in [6.45, 7) is 7.66. The van der Waals surface area contributed by atoms with Gasteiger partial charge in [-0.3, -0.25) is 24.0 Å². The number of hydrogen-bond donors (Lipinski definition) is 4. The molecular weight excluding hydrogens is 556 g/mol. The molecule has 0 radical (unpaired) electrons. The van der Waals surface area contributed by atoms with Crippen molar-refractivity contribution >= 4 is 46.7 Å². The minimum Gasteiger partial charge on any atom is -0.353 e. The van der Waals surface area contributed by atoms with Crippen LogP contribution in [-0.4, -0.2) is 45.8 Å². The lowest BCUT2D eigenvalue weighted by molar-refractivity contribution is -0.121. The number of aryl methyl sites for hydroxylation is 1. The Balaban J connectivity index is 1.71. The van der Waals surface area contributed by atoms with Gasteiger partial charge in [-0.15, -0.1) is 11.3 Å². The van der Waals surface area contributed by atoms with Gasteiger partial charge in [0.25, 0.3) is 11.5 Å². The largest absolute Gasteiger partial charge is 0.353 e. The second kappa shape index (κ2) is 16.2. The Morgan fingerprint density at radius 2 is 2.05 bits per heavy atom. The van der Waals surface area contributed by atoms with Crippen LogP contribution in [0.5, 0.6) is 0 Å². The number of aromatic nitrogens is 2. The Morgan fingerprint density at radius 1 is 1.24 bits per heavy atom. The molecule has 0 aliphatic heterocycles. The lowest BCUT2D eigenvalue weighted by Gasteiger charge is -2.17. The lowest BCUT2D eigenvalue weighted by atomic mass is 10.1. The molecule has 11 nitrogen and oxygen atoms in total.